The van der Waals surface area contributed by atoms with Crippen molar-refractivity contribution >= 4 is 29.3 Å². The van der Waals surface area contributed by atoms with E-state index in [9.17, 15) is 4.79 Å². The van der Waals surface area contributed by atoms with Gasteiger partial charge in [0.2, 0.25) is 5.91 Å². The van der Waals surface area contributed by atoms with E-state index in [-0.39, 0.29) is 11.2 Å². The van der Waals surface area contributed by atoms with Gasteiger partial charge in [-0.3, -0.25) is 9.36 Å². The number of hydrogen-bond donors (Lipinski definition) is 1. The maximum Gasteiger partial charge on any atom is 0.233 e. The van der Waals surface area contributed by atoms with Crippen molar-refractivity contribution in [2.45, 2.75) is 62.0 Å². The number of nitrogens with zero attached hydrogens (tertiary/aromatic N) is 3. The second kappa shape index (κ2) is 9.42. The van der Waals surface area contributed by atoms with Crippen molar-refractivity contribution in [2.75, 3.05) is 0 Å². The van der Waals surface area contributed by atoms with E-state index in [1.165, 1.54) is 31.0 Å². The summed E-state index contributed by atoms with van der Waals surface area (Å²) in [5, 5.41) is 13.0. The molecule has 1 aliphatic rings. The molecule has 2 aromatic rings. The van der Waals surface area contributed by atoms with Crippen LogP contribution in [0.2, 0.25) is 5.02 Å². The second-order valence-corrected chi connectivity index (χ2v) is 8.56. The van der Waals surface area contributed by atoms with Gasteiger partial charge in [-0.15, -0.1) is 16.8 Å². The van der Waals surface area contributed by atoms with Crippen molar-refractivity contribution < 1.29 is 4.79 Å². The number of allylic oxidation sites excluding steroid dienone is 1. The van der Waals surface area contributed by atoms with E-state index in [0.717, 1.165) is 24.2 Å². The third-order valence-corrected chi connectivity index (χ3v) is 6.07. The summed E-state index contributed by atoms with van der Waals surface area (Å²) in [6, 6.07) is 7.80. The molecular formula is C20H25ClN4OS. The molecule has 1 aromatic heterocycles. The van der Waals surface area contributed by atoms with Gasteiger partial charge in [0, 0.05) is 23.2 Å². The Labute approximate surface area is 169 Å². The molecule has 1 aliphatic carbocycles. The van der Waals surface area contributed by atoms with E-state index in [1.807, 2.05) is 35.8 Å². The Bertz CT molecular complexity index is 784. The lowest BCUT2D eigenvalue weighted by molar-refractivity contribution is -0.121. The van der Waals surface area contributed by atoms with Crippen LogP contribution in [0.5, 0.6) is 0 Å². The zero-order chi connectivity index (χ0) is 19.2. The molecular weight excluding hydrogens is 380 g/mol. The van der Waals surface area contributed by atoms with Crippen LogP contribution >= 0.6 is 23.4 Å². The van der Waals surface area contributed by atoms with Crippen molar-refractivity contribution in [1.29, 1.82) is 0 Å². The standard InChI is InChI=1S/C20H25ClN4OS/c1-3-13-25-18(15-9-11-16(21)12-10-15)23-24-20(25)27-14(2)19(26)22-17-7-5-4-6-8-17/h3,9-12,14,17H,1,4-8,13H2,2H3,(H,22,26)/t14-/m1/s1. The molecule has 0 bridgehead atoms. The first kappa shape index (κ1) is 20.0. The van der Waals surface area contributed by atoms with Crippen LogP contribution < -0.4 is 5.32 Å². The zero-order valence-electron chi connectivity index (χ0n) is 15.5. The fourth-order valence-electron chi connectivity index (χ4n) is 3.26. The largest absolute Gasteiger partial charge is 0.352 e. The first-order valence-electron chi connectivity index (χ1n) is 9.35. The molecule has 1 heterocycles. The Hall–Kier alpha value is -1.79. The normalized spacial score (nSPS) is 16.1. The molecule has 0 saturated heterocycles. The van der Waals surface area contributed by atoms with E-state index in [4.69, 9.17) is 11.6 Å². The van der Waals surface area contributed by atoms with E-state index in [1.54, 1.807) is 6.08 Å². The summed E-state index contributed by atoms with van der Waals surface area (Å²) >= 11 is 7.41. The summed E-state index contributed by atoms with van der Waals surface area (Å²) in [5.41, 5.74) is 0.930. The first-order valence-corrected chi connectivity index (χ1v) is 10.6. The molecule has 144 valence electrons. The van der Waals surface area contributed by atoms with Crippen molar-refractivity contribution in [1.82, 2.24) is 20.1 Å². The minimum absolute atomic E-state index is 0.0631. The summed E-state index contributed by atoms with van der Waals surface area (Å²) in [6.45, 7) is 6.32. The number of halogens is 1. The number of hydrogen-bond acceptors (Lipinski definition) is 4. The average Bonchev–Trinajstić information content (AvgIpc) is 3.06. The fourth-order valence-corrected chi connectivity index (χ4v) is 4.25. The predicted molar refractivity (Wildman–Crippen MR) is 111 cm³/mol. The third-order valence-electron chi connectivity index (χ3n) is 4.73. The lowest BCUT2D eigenvalue weighted by Crippen LogP contribution is -2.40. The van der Waals surface area contributed by atoms with Crippen molar-refractivity contribution in [3.05, 3.63) is 41.9 Å². The molecule has 0 spiro atoms. The molecule has 0 radical (unpaired) electrons. The highest BCUT2D eigenvalue weighted by Crippen LogP contribution is 2.28. The molecule has 5 nitrogen and oxygen atoms in total. The molecule has 1 saturated carbocycles. The van der Waals surface area contributed by atoms with Gasteiger partial charge < -0.3 is 5.32 Å². The van der Waals surface area contributed by atoms with E-state index < -0.39 is 0 Å². The van der Waals surface area contributed by atoms with Gasteiger partial charge in [-0.1, -0.05) is 48.7 Å². The molecule has 0 aliphatic heterocycles. The SMILES string of the molecule is C=CCn1c(S[C@H](C)C(=O)NC2CCCCC2)nnc1-c1ccc(Cl)cc1. The Morgan fingerprint density at radius 2 is 2.04 bits per heavy atom. The van der Waals surface area contributed by atoms with E-state index in [0.29, 0.717) is 22.8 Å². The van der Waals surface area contributed by atoms with Gasteiger partial charge in [-0.05, 0) is 44.0 Å². The van der Waals surface area contributed by atoms with Gasteiger partial charge >= 0.3 is 0 Å². The molecule has 7 heteroatoms. The highest BCUT2D eigenvalue weighted by Gasteiger charge is 2.23. The Balaban J connectivity index is 1.72. The molecule has 27 heavy (non-hydrogen) atoms. The Kier molecular flexibility index (Phi) is 6.96. The molecule has 1 amide bonds. The summed E-state index contributed by atoms with van der Waals surface area (Å²) in [7, 11) is 0. The number of thioether (sulfide) groups is 1. The van der Waals surface area contributed by atoms with Crippen molar-refractivity contribution in [2.24, 2.45) is 0 Å². The lowest BCUT2D eigenvalue weighted by Gasteiger charge is -2.24. The van der Waals surface area contributed by atoms with Gasteiger partial charge in [0.1, 0.15) is 0 Å². The van der Waals surface area contributed by atoms with Gasteiger partial charge in [0.15, 0.2) is 11.0 Å². The number of carbonyl (C=O) groups excluding carboxylic acids is 1. The number of carbonyl (C=O) groups is 1. The van der Waals surface area contributed by atoms with Crippen LogP contribution in [0.4, 0.5) is 0 Å². The summed E-state index contributed by atoms with van der Waals surface area (Å²) < 4.78 is 1.98. The van der Waals surface area contributed by atoms with Crippen molar-refractivity contribution in [3.63, 3.8) is 0 Å². The zero-order valence-corrected chi connectivity index (χ0v) is 17.1. The highest BCUT2D eigenvalue weighted by molar-refractivity contribution is 8.00. The Morgan fingerprint density at radius 3 is 2.70 bits per heavy atom. The van der Waals surface area contributed by atoms with Crippen LogP contribution in [0.1, 0.15) is 39.0 Å². The maximum absolute atomic E-state index is 12.6. The van der Waals surface area contributed by atoms with E-state index in [2.05, 4.69) is 22.1 Å². The van der Waals surface area contributed by atoms with Crippen LogP contribution in [0.15, 0.2) is 42.1 Å². The fraction of sp³-hybridized carbons (Fsp3) is 0.450. The molecule has 3 rings (SSSR count). The minimum atomic E-state index is -0.238. The molecule has 1 atom stereocenters. The molecule has 0 unspecified atom stereocenters. The maximum atomic E-state index is 12.6. The molecule has 1 aromatic carbocycles. The average molecular weight is 405 g/mol. The topological polar surface area (TPSA) is 59.8 Å². The number of rotatable bonds is 7. The van der Waals surface area contributed by atoms with Gasteiger partial charge in [0.05, 0.1) is 5.25 Å². The summed E-state index contributed by atoms with van der Waals surface area (Å²) in [5.74, 6) is 0.807. The lowest BCUT2D eigenvalue weighted by atomic mass is 9.95. The second-order valence-electron chi connectivity index (χ2n) is 6.82. The molecule has 1 N–H and O–H groups in total. The predicted octanol–water partition coefficient (Wildman–Crippen LogP) is 4.71. The van der Waals surface area contributed by atoms with Crippen LogP contribution in [-0.4, -0.2) is 32.0 Å². The smallest absolute Gasteiger partial charge is 0.233 e. The molecule has 1 fully saturated rings. The highest BCUT2D eigenvalue weighted by atomic mass is 35.5. The quantitative estimate of drug-likeness (QED) is 0.536. The number of benzene rings is 1. The number of amides is 1. The third kappa shape index (κ3) is 5.14. The van der Waals surface area contributed by atoms with Gasteiger partial charge in [0.25, 0.3) is 0 Å². The van der Waals surface area contributed by atoms with Crippen LogP contribution in [0.3, 0.4) is 0 Å². The van der Waals surface area contributed by atoms with Crippen LogP contribution in [0.25, 0.3) is 11.4 Å². The first-order chi connectivity index (χ1) is 13.1. The minimum Gasteiger partial charge on any atom is -0.352 e. The number of nitrogens with one attached hydrogen (secondary N) is 1. The van der Waals surface area contributed by atoms with Gasteiger partial charge in [-0.25, -0.2) is 0 Å². The van der Waals surface area contributed by atoms with E-state index >= 15 is 0 Å². The summed E-state index contributed by atoms with van der Waals surface area (Å²) in [4.78, 5) is 12.6. The van der Waals surface area contributed by atoms with Crippen LogP contribution in [0, 0.1) is 0 Å². The van der Waals surface area contributed by atoms with Crippen LogP contribution in [-0.2, 0) is 11.3 Å². The van der Waals surface area contributed by atoms with Gasteiger partial charge in [-0.2, -0.15) is 0 Å². The number of aromatic nitrogens is 3. The Morgan fingerprint density at radius 1 is 1.33 bits per heavy atom. The summed E-state index contributed by atoms with van der Waals surface area (Å²) in [6.07, 6.45) is 7.64. The van der Waals surface area contributed by atoms with Crippen molar-refractivity contribution in [3.8, 4) is 11.4 Å². The monoisotopic (exact) mass is 404 g/mol.